The summed E-state index contributed by atoms with van der Waals surface area (Å²) in [7, 11) is -3.31. The summed E-state index contributed by atoms with van der Waals surface area (Å²) in [6, 6.07) is 0.0302. The Balaban J connectivity index is 1.87. The molecule has 22 heavy (non-hydrogen) atoms. The lowest BCUT2D eigenvalue weighted by Gasteiger charge is -2.59. The molecule has 4 bridgehead atoms. The predicted octanol–water partition coefficient (Wildman–Crippen LogP) is 3.87. The van der Waals surface area contributed by atoms with E-state index in [0.717, 1.165) is 24.2 Å². The minimum absolute atomic E-state index is 0.0302. The van der Waals surface area contributed by atoms with Gasteiger partial charge in [0.05, 0.1) is 4.75 Å². The Morgan fingerprint density at radius 3 is 1.95 bits per heavy atom. The van der Waals surface area contributed by atoms with E-state index in [0.29, 0.717) is 0 Å². The normalized spacial score (nSPS) is 39.0. The first-order valence-electron chi connectivity index (χ1n) is 8.78. The van der Waals surface area contributed by atoms with Gasteiger partial charge in [-0.3, -0.25) is 0 Å². The van der Waals surface area contributed by atoms with Gasteiger partial charge in [-0.2, -0.15) is 0 Å². The number of hydrogen-bond donors (Lipinski definition) is 1. The van der Waals surface area contributed by atoms with Crippen molar-refractivity contribution < 1.29 is 8.42 Å². The number of sulfonamides is 1. The third-order valence-electron chi connectivity index (χ3n) is 6.33. The fourth-order valence-corrected chi connectivity index (χ4v) is 6.63. The highest BCUT2D eigenvalue weighted by Crippen LogP contribution is 2.61. The van der Waals surface area contributed by atoms with E-state index in [9.17, 15) is 8.42 Å². The van der Waals surface area contributed by atoms with E-state index in [1.54, 1.807) is 20.8 Å². The molecule has 0 aromatic heterocycles. The fraction of sp³-hybridized carbons (Fsp3) is 0.889. The van der Waals surface area contributed by atoms with Crippen LogP contribution in [0.2, 0.25) is 0 Å². The summed E-state index contributed by atoms with van der Waals surface area (Å²) in [4.78, 5) is 0. The van der Waals surface area contributed by atoms with E-state index in [1.165, 1.54) is 38.5 Å². The van der Waals surface area contributed by atoms with Crippen LogP contribution in [-0.2, 0) is 10.0 Å². The number of hydrogen-bond acceptors (Lipinski definition) is 2. The molecule has 0 aromatic carbocycles. The van der Waals surface area contributed by atoms with Crippen LogP contribution < -0.4 is 4.72 Å². The molecule has 0 radical (unpaired) electrons. The summed E-state index contributed by atoms with van der Waals surface area (Å²) in [5.74, 6) is 2.49. The maximum atomic E-state index is 12.7. The Labute approximate surface area is 136 Å². The van der Waals surface area contributed by atoms with Gasteiger partial charge in [-0.25, -0.2) is 13.1 Å². The minimum Gasteiger partial charge on any atom is -0.212 e. The quantitative estimate of drug-likeness (QED) is 0.780. The van der Waals surface area contributed by atoms with Crippen molar-refractivity contribution in [2.24, 2.45) is 23.2 Å². The van der Waals surface area contributed by atoms with Gasteiger partial charge in [0.2, 0.25) is 10.0 Å². The van der Waals surface area contributed by atoms with Crippen LogP contribution in [0.15, 0.2) is 12.7 Å². The van der Waals surface area contributed by atoms with Crippen molar-refractivity contribution in [1.29, 1.82) is 0 Å². The van der Waals surface area contributed by atoms with Crippen LogP contribution in [0.4, 0.5) is 0 Å². The van der Waals surface area contributed by atoms with E-state index in [2.05, 4.69) is 11.3 Å². The molecule has 4 aliphatic carbocycles. The zero-order chi connectivity index (χ0) is 16.2. The maximum Gasteiger partial charge on any atom is 0.216 e. The molecule has 0 spiro atoms. The monoisotopic (exact) mass is 325 g/mol. The summed E-state index contributed by atoms with van der Waals surface area (Å²) in [5.41, 5.74) is 0.182. The molecular weight excluding hydrogens is 294 g/mol. The highest BCUT2D eigenvalue weighted by Gasteiger charge is 2.54. The van der Waals surface area contributed by atoms with E-state index in [4.69, 9.17) is 0 Å². The lowest BCUT2D eigenvalue weighted by atomic mass is 9.47. The third-order valence-corrected chi connectivity index (χ3v) is 8.54. The Morgan fingerprint density at radius 1 is 1.14 bits per heavy atom. The SMILES string of the molecule is C=CCC(NS(=O)(=O)C(C)(C)C)C12CC3CC(CC(C3)C1)C2. The van der Waals surface area contributed by atoms with E-state index >= 15 is 0 Å². The molecule has 126 valence electrons. The zero-order valence-electron chi connectivity index (χ0n) is 14.3. The molecule has 1 atom stereocenters. The molecule has 4 fully saturated rings. The van der Waals surface area contributed by atoms with Crippen molar-refractivity contribution in [2.45, 2.75) is 76.5 Å². The summed E-state index contributed by atoms with van der Waals surface area (Å²) in [6.07, 6.45) is 10.4. The summed E-state index contributed by atoms with van der Waals surface area (Å²) in [5, 5.41) is 0. The van der Waals surface area contributed by atoms with Gasteiger partial charge in [0.25, 0.3) is 0 Å². The van der Waals surface area contributed by atoms with Crippen LogP contribution in [0.3, 0.4) is 0 Å². The lowest BCUT2D eigenvalue weighted by molar-refractivity contribution is -0.0693. The van der Waals surface area contributed by atoms with Gasteiger partial charge >= 0.3 is 0 Å². The first kappa shape index (κ1) is 16.5. The first-order valence-corrected chi connectivity index (χ1v) is 10.3. The van der Waals surface area contributed by atoms with Gasteiger partial charge in [-0.05, 0) is 88.9 Å². The van der Waals surface area contributed by atoms with Gasteiger partial charge in [0.1, 0.15) is 0 Å². The van der Waals surface area contributed by atoms with Crippen LogP contribution in [-0.4, -0.2) is 19.2 Å². The second-order valence-corrected chi connectivity index (χ2v) is 11.6. The number of rotatable bonds is 5. The Hall–Kier alpha value is -0.350. The Kier molecular flexibility index (Phi) is 4.00. The van der Waals surface area contributed by atoms with Gasteiger partial charge in [-0.1, -0.05) is 6.08 Å². The highest BCUT2D eigenvalue weighted by atomic mass is 32.2. The van der Waals surface area contributed by atoms with Gasteiger partial charge in [0.15, 0.2) is 0 Å². The summed E-state index contributed by atoms with van der Waals surface area (Å²) in [6.45, 7) is 9.22. The van der Waals surface area contributed by atoms with Crippen molar-refractivity contribution >= 4 is 10.0 Å². The van der Waals surface area contributed by atoms with Crippen LogP contribution in [0.25, 0.3) is 0 Å². The average Bonchev–Trinajstić information content (AvgIpc) is 2.35. The van der Waals surface area contributed by atoms with Crippen molar-refractivity contribution in [3.63, 3.8) is 0 Å². The van der Waals surface area contributed by atoms with Crippen molar-refractivity contribution in [3.8, 4) is 0 Å². The van der Waals surface area contributed by atoms with E-state index in [-0.39, 0.29) is 11.5 Å². The summed E-state index contributed by atoms with van der Waals surface area (Å²) < 4.78 is 27.7. The molecule has 0 saturated heterocycles. The minimum atomic E-state index is -3.31. The molecule has 0 amide bonds. The van der Waals surface area contributed by atoms with Crippen LogP contribution in [0.1, 0.15) is 65.7 Å². The molecule has 1 unspecified atom stereocenters. The topological polar surface area (TPSA) is 46.2 Å². The molecule has 4 aliphatic rings. The molecule has 3 nitrogen and oxygen atoms in total. The molecular formula is C18H31NO2S. The Morgan fingerprint density at radius 2 is 1.59 bits per heavy atom. The molecule has 1 N–H and O–H groups in total. The summed E-state index contributed by atoms with van der Waals surface area (Å²) >= 11 is 0. The van der Waals surface area contributed by atoms with Gasteiger partial charge < -0.3 is 0 Å². The van der Waals surface area contributed by atoms with Crippen LogP contribution in [0, 0.1) is 23.2 Å². The predicted molar refractivity (Wildman–Crippen MR) is 91.0 cm³/mol. The largest absolute Gasteiger partial charge is 0.216 e. The van der Waals surface area contributed by atoms with E-state index in [1.807, 2.05) is 6.08 Å². The van der Waals surface area contributed by atoms with Crippen molar-refractivity contribution in [2.75, 3.05) is 0 Å². The Bertz CT molecular complexity index is 509. The highest BCUT2D eigenvalue weighted by molar-refractivity contribution is 7.90. The molecule has 4 saturated carbocycles. The van der Waals surface area contributed by atoms with E-state index < -0.39 is 14.8 Å². The molecule has 0 heterocycles. The molecule has 4 heteroatoms. The van der Waals surface area contributed by atoms with Gasteiger partial charge in [0, 0.05) is 6.04 Å². The molecule has 4 rings (SSSR count). The van der Waals surface area contributed by atoms with Crippen molar-refractivity contribution in [1.82, 2.24) is 4.72 Å². The number of nitrogens with one attached hydrogen (secondary N) is 1. The standard InChI is InChI=1S/C18H31NO2S/c1-5-6-16(19-22(20,21)17(2,3)4)18-10-13-7-14(11-18)9-15(8-13)12-18/h5,13-16,19H,1,6-12H2,2-4H3. The third kappa shape index (κ3) is 2.77. The maximum absolute atomic E-state index is 12.7. The van der Waals surface area contributed by atoms with Gasteiger partial charge in [-0.15, -0.1) is 6.58 Å². The average molecular weight is 326 g/mol. The first-order chi connectivity index (χ1) is 10.2. The fourth-order valence-electron chi connectivity index (χ4n) is 5.56. The molecule has 0 aromatic rings. The molecule has 0 aliphatic heterocycles. The smallest absolute Gasteiger partial charge is 0.212 e. The second kappa shape index (κ2) is 5.34. The van der Waals surface area contributed by atoms with Crippen LogP contribution in [0.5, 0.6) is 0 Å². The zero-order valence-corrected chi connectivity index (χ0v) is 15.1. The second-order valence-electron chi connectivity index (χ2n) is 9.09. The lowest BCUT2D eigenvalue weighted by Crippen LogP contribution is -2.58. The van der Waals surface area contributed by atoms with Crippen molar-refractivity contribution in [3.05, 3.63) is 12.7 Å². The van der Waals surface area contributed by atoms with Crippen LogP contribution >= 0.6 is 0 Å².